The monoisotopic (exact) mass is 513 g/mol. The van der Waals surface area contributed by atoms with Gasteiger partial charge in [-0.3, -0.25) is 14.7 Å². The summed E-state index contributed by atoms with van der Waals surface area (Å²) >= 11 is 0. The van der Waals surface area contributed by atoms with Gasteiger partial charge in [0.2, 0.25) is 0 Å². The van der Waals surface area contributed by atoms with Crippen LogP contribution in [0.4, 0.5) is 5.69 Å². The highest BCUT2D eigenvalue weighted by molar-refractivity contribution is 6.05. The smallest absolute Gasteiger partial charge is 0.340 e. The summed E-state index contributed by atoms with van der Waals surface area (Å²) in [4.78, 5) is 34.9. The fourth-order valence-electron chi connectivity index (χ4n) is 5.84. The zero-order valence-electron chi connectivity index (χ0n) is 22.4. The molecule has 2 aromatic rings. The van der Waals surface area contributed by atoms with Gasteiger partial charge in [0.25, 0.3) is 0 Å². The number of rotatable bonds is 7. The standard InChI is InChI=1S/C31H35N3O4/c1-4-37-28(35)18-26-29(23-9-8-12-32-20-23)31(3)19-24(22(2)17-27(31)38-30(26)36)21-33-13-15-34(16-14-33)25-10-6-5-7-11-25/h5-12,17,20H,4,13-16,18-19,21H2,1-3H3. The number of carbonyl (C=O) groups is 2. The van der Waals surface area contributed by atoms with Crippen molar-refractivity contribution in [1.82, 2.24) is 9.88 Å². The number of pyridine rings is 1. The van der Waals surface area contributed by atoms with Crippen molar-refractivity contribution in [2.24, 2.45) is 5.41 Å². The summed E-state index contributed by atoms with van der Waals surface area (Å²) in [6.45, 7) is 11.0. The molecule has 3 aliphatic rings. The second-order valence-corrected chi connectivity index (χ2v) is 10.4. The van der Waals surface area contributed by atoms with Crippen LogP contribution in [0.15, 0.2) is 83.4 Å². The predicted molar refractivity (Wildman–Crippen MR) is 147 cm³/mol. The molecule has 0 N–H and O–H groups in total. The first kappa shape index (κ1) is 25.9. The van der Waals surface area contributed by atoms with E-state index < -0.39 is 17.4 Å². The van der Waals surface area contributed by atoms with Crippen molar-refractivity contribution in [1.29, 1.82) is 0 Å². The highest BCUT2D eigenvalue weighted by Crippen LogP contribution is 2.54. The first-order valence-electron chi connectivity index (χ1n) is 13.3. The lowest BCUT2D eigenvalue weighted by Crippen LogP contribution is -2.47. The van der Waals surface area contributed by atoms with Gasteiger partial charge >= 0.3 is 11.9 Å². The molecule has 3 heterocycles. The summed E-state index contributed by atoms with van der Waals surface area (Å²) < 4.78 is 11.1. The van der Waals surface area contributed by atoms with Crippen LogP contribution in [0, 0.1) is 5.41 Å². The van der Waals surface area contributed by atoms with E-state index in [4.69, 9.17) is 9.47 Å². The number of aromatic nitrogens is 1. The molecule has 2 aliphatic heterocycles. The van der Waals surface area contributed by atoms with Crippen LogP contribution in [0.3, 0.4) is 0 Å². The van der Waals surface area contributed by atoms with Gasteiger partial charge in [-0.1, -0.05) is 29.8 Å². The van der Waals surface area contributed by atoms with Crippen molar-refractivity contribution in [3.63, 3.8) is 0 Å². The molecule has 38 heavy (non-hydrogen) atoms. The summed E-state index contributed by atoms with van der Waals surface area (Å²) in [5, 5.41) is 0. The Balaban J connectivity index is 1.42. The number of piperazine rings is 1. The van der Waals surface area contributed by atoms with Crippen molar-refractivity contribution in [2.75, 3.05) is 44.2 Å². The molecule has 1 fully saturated rings. The number of esters is 2. The van der Waals surface area contributed by atoms with Crippen molar-refractivity contribution < 1.29 is 19.1 Å². The van der Waals surface area contributed by atoms with E-state index in [2.05, 4.69) is 59.0 Å². The van der Waals surface area contributed by atoms with Gasteiger partial charge < -0.3 is 14.4 Å². The van der Waals surface area contributed by atoms with Gasteiger partial charge in [0.05, 0.1) is 24.0 Å². The molecule has 0 amide bonds. The maximum atomic E-state index is 13.2. The third-order valence-electron chi connectivity index (χ3n) is 7.80. The number of para-hydroxylation sites is 1. The van der Waals surface area contributed by atoms with E-state index in [1.807, 2.05) is 18.2 Å². The molecule has 7 heteroatoms. The Morgan fingerprint density at radius 2 is 1.87 bits per heavy atom. The van der Waals surface area contributed by atoms with E-state index in [-0.39, 0.29) is 13.0 Å². The summed E-state index contributed by atoms with van der Waals surface area (Å²) in [7, 11) is 0. The molecule has 198 valence electrons. The summed E-state index contributed by atoms with van der Waals surface area (Å²) in [6.07, 6.45) is 6.05. The van der Waals surface area contributed by atoms with Gasteiger partial charge in [0, 0.05) is 50.8 Å². The molecule has 7 nitrogen and oxygen atoms in total. The van der Waals surface area contributed by atoms with Crippen molar-refractivity contribution in [2.45, 2.75) is 33.6 Å². The molecular weight excluding hydrogens is 478 g/mol. The first-order chi connectivity index (χ1) is 18.4. The van der Waals surface area contributed by atoms with Gasteiger partial charge in [0.1, 0.15) is 5.76 Å². The highest BCUT2D eigenvalue weighted by atomic mass is 16.5. The van der Waals surface area contributed by atoms with Crippen molar-refractivity contribution >= 4 is 23.2 Å². The SMILES string of the molecule is CCOC(=O)CC1=C(c2cccnc2)C2(C)CC(CN3CCN(c4ccccc4)CC3)=C(C)C=C2OC1=O. The average Bonchev–Trinajstić information content (AvgIpc) is 2.92. The molecule has 5 rings (SSSR count). The Kier molecular flexibility index (Phi) is 7.47. The van der Waals surface area contributed by atoms with Gasteiger partial charge in [-0.25, -0.2) is 4.79 Å². The molecule has 0 spiro atoms. The maximum Gasteiger partial charge on any atom is 0.340 e. The molecule has 1 aromatic heterocycles. The van der Waals surface area contributed by atoms with E-state index in [1.54, 1.807) is 19.3 Å². The number of carbonyl (C=O) groups excluding carboxylic acids is 2. The third-order valence-corrected chi connectivity index (χ3v) is 7.80. The van der Waals surface area contributed by atoms with Crippen LogP contribution in [-0.2, 0) is 19.1 Å². The molecule has 0 saturated carbocycles. The molecule has 1 unspecified atom stereocenters. The lowest BCUT2D eigenvalue weighted by molar-refractivity contribution is -0.145. The van der Waals surface area contributed by atoms with Gasteiger partial charge in [-0.05, 0) is 68.2 Å². The van der Waals surface area contributed by atoms with Gasteiger partial charge in [-0.2, -0.15) is 0 Å². The lowest BCUT2D eigenvalue weighted by Gasteiger charge is -2.43. The molecule has 0 bridgehead atoms. The van der Waals surface area contributed by atoms with E-state index in [0.29, 0.717) is 17.8 Å². The Hall–Kier alpha value is -3.71. The van der Waals surface area contributed by atoms with Gasteiger partial charge in [0.15, 0.2) is 0 Å². The number of allylic oxidation sites excluding steroid dienone is 3. The topological polar surface area (TPSA) is 72.0 Å². The van der Waals surface area contributed by atoms with E-state index in [9.17, 15) is 9.59 Å². The number of ether oxygens (including phenoxy) is 2. The normalized spacial score (nSPS) is 22.1. The predicted octanol–water partition coefficient (Wildman–Crippen LogP) is 4.78. The van der Waals surface area contributed by atoms with Gasteiger partial charge in [-0.15, -0.1) is 0 Å². The molecule has 1 aliphatic carbocycles. The van der Waals surface area contributed by atoms with Crippen LogP contribution < -0.4 is 4.90 Å². The minimum atomic E-state index is -0.598. The minimum absolute atomic E-state index is 0.126. The maximum absolute atomic E-state index is 13.2. The summed E-state index contributed by atoms with van der Waals surface area (Å²) in [6, 6.07) is 14.4. The van der Waals surface area contributed by atoms with Crippen LogP contribution in [-0.4, -0.2) is 61.2 Å². The fourth-order valence-corrected chi connectivity index (χ4v) is 5.84. The second kappa shape index (κ2) is 11.0. The Labute approximate surface area is 224 Å². The van der Waals surface area contributed by atoms with E-state index in [1.165, 1.54) is 11.3 Å². The Morgan fingerprint density at radius 3 is 2.55 bits per heavy atom. The zero-order valence-corrected chi connectivity index (χ0v) is 22.4. The number of hydrogen-bond acceptors (Lipinski definition) is 7. The highest BCUT2D eigenvalue weighted by Gasteiger charge is 2.47. The van der Waals surface area contributed by atoms with E-state index >= 15 is 0 Å². The fraction of sp³-hybridized carbons (Fsp3) is 0.387. The van der Waals surface area contributed by atoms with Crippen LogP contribution in [0.25, 0.3) is 5.57 Å². The largest absolute Gasteiger partial charge is 0.466 e. The summed E-state index contributed by atoms with van der Waals surface area (Å²) in [5.41, 5.74) is 5.11. The number of fused-ring (bicyclic) bond motifs is 1. The summed E-state index contributed by atoms with van der Waals surface area (Å²) in [5.74, 6) is -0.297. The quantitative estimate of drug-likeness (QED) is 0.494. The van der Waals surface area contributed by atoms with Crippen molar-refractivity contribution in [3.05, 3.63) is 89.0 Å². The van der Waals surface area contributed by atoms with Crippen molar-refractivity contribution in [3.8, 4) is 0 Å². The number of benzene rings is 1. The van der Waals surface area contributed by atoms with Crippen LogP contribution >= 0.6 is 0 Å². The molecule has 1 aromatic carbocycles. The molecule has 0 radical (unpaired) electrons. The molecule has 1 atom stereocenters. The molecular formula is C31H35N3O4. The third kappa shape index (κ3) is 5.16. The second-order valence-electron chi connectivity index (χ2n) is 10.4. The number of anilines is 1. The first-order valence-corrected chi connectivity index (χ1v) is 13.3. The molecule has 1 saturated heterocycles. The number of hydrogen-bond donors (Lipinski definition) is 0. The average molecular weight is 514 g/mol. The van der Waals surface area contributed by atoms with Crippen LogP contribution in [0.5, 0.6) is 0 Å². The number of nitrogens with zero attached hydrogens (tertiary/aromatic N) is 3. The Morgan fingerprint density at radius 1 is 1.11 bits per heavy atom. The Bertz CT molecular complexity index is 1290. The van der Waals surface area contributed by atoms with Crippen LogP contribution in [0.1, 0.15) is 39.2 Å². The lowest BCUT2D eigenvalue weighted by atomic mass is 9.66. The minimum Gasteiger partial charge on any atom is -0.466 e. The zero-order chi connectivity index (χ0) is 26.7. The van der Waals surface area contributed by atoms with E-state index in [0.717, 1.165) is 49.4 Å². The van der Waals surface area contributed by atoms with Crippen LogP contribution in [0.2, 0.25) is 0 Å².